The van der Waals surface area contributed by atoms with Crippen LogP contribution in [-0.2, 0) is 7.05 Å². The molecule has 0 spiro atoms. The highest BCUT2D eigenvalue weighted by Crippen LogP contribution is 2.35. The molecular formula is C16H16N2O2S. The SMILES string of the molecule is Cn1ccc(C(=O)NC2CCSc3ccccc32)cc1=O. The van der Waals surface area contributed by atoms with Gasteiger partial charge in [0.2, 0.25) is 0 Å². The highest BCUT2D eigenvalue weighted by atomic mass is 32.2. The first-order valence-corrected chi connectivity index (χ1v) is 7.83. The molecule has 1 amide bonds. The molecular weight excluding hydrogens is 284 g/mol. The second-order valence-corrected chi connectivity index (χ2v) is 6.20. The van der Waals surface area contributed by atoms with Crippen LogP contribution in [0.5, 0.6) is 0 Å². The summed E-state index contributed by atoms with van der Waals surface area (Å²) in [6, 6.07) is 11.2. The van der Waals surface area contributed by atoms with Crippen molar-refractivity contribution in [3.8, 4) is 0 Å². The van der Waals surface area contributed by atoms with Crippen LogP contribution in [-0.4, -0.2) is 16.2 Å². The van der Waals surface area contributed by atoms with E-state index >= 15 is 0 Å². The number of carbonyl (C=O) groups is 1. The number of aromatic nitrogens is 1. The van der Waals surface area contributed by atoms with Gasteiger partial charge in [0.25, 0.3) is 11.5 Å². The topological polar surface area (TPSA) is 51.1 Å². The number of carbonyl (C=O) groups excluding carboxylic acids is 1. The standard InChI is InChI=1S/C16H16N2O2S/c1-18-8-6-11(10-15(18)19)16(20)17-13-7-9-21-14-5-3-2-4-12(13)14/h2-6,8,10,13H,7,9H2,1H3,(H,17,20). The molecule has 3 rings (SSSR count). The third-order valence-corrected chi connectivity index (χ3v) is 4.75. The van der Waals surface area contributed by atoms with Gasteiger partial charge in [-0.3, -0.25) is 9.59 Å². The van der Waals surface area contributed by atoms with Gasteiger partial charge in [0.05, 0.1) is 6.04 Å². The van der Waals surface area contributed by atoms with Gasteiger partial charge in [-0.25, -0.2) is 0 Å². The lowest BCUT2D eigenvalue weighted by atomic mass is 10.0. The molecule has 0 saturated heterocycles. The summed E-state index contributed by atoms with van der Waals surface area (Å²) in [4.78, 5) is 25.2. The molecule has 0 bridgehead atoms. The van der Waals surface area contributed by atoms with Crippen molar-refractivity contribution < 1.29 is 4.79 Å². The fourth-order valence-electron chi connectivity index (χ4n) is 2.42. The molecule has 108 valence electrons. The van der Waals surface area contributed by atoms with E-state index in [-0.39, 0.29) is 17.5 Å². The summed E-state index contributed by atoms with van der Waals surface area (Å²) in [6.45, 7) is 0. The molecule has 21 heavy (non-hydrogen) atoms. The van der Waals surface area contributed by atoms with Gasteiger partial charge in [0.15, 0.2) is 0 Å². The van der Waals surface area contributed by atoms with Gasteiger partial charge in [0, 0.05) is 35.5 Å². The predicted molar refractivity (Wildman–Crippen MR) is 83.7 cm³/mol. The molecule has 0 fully saturated rings. The summed E-state index contributed by atoms with van der Waals surface area (Å²) in [6.07, 6.45) is 2.51. The first kappa shape index (κ1) is 13.9. The molecule has 5 heteroatoms. The van der Waals surface area contributed by atoms with Crippen molar-refractivity contribution in [3.05, 3.63) is 64.1 Å². The van der Waals surface area contributed by atoms with Gasteiger partial charge in [-0.1, -0.05) is 18.2 Å². The molecule has 2 aromatic rings. The van der Waals surface area contributed by atoms with Crippen LogP contribution in [0.15, 0.2) is 52.3 Å². The maximum absolute atomic E-state index is 12.3. The minimum atomic E-state index is -0.195. The van der Waals surface area contributed by atoms with Gasteiger partial charge in [-0.05, 0) is 24.1 Å². The van der Waals surface area contributed by atoms with E-state index in [4.69, 9.17) is 0 Å². The van der Waals surface area contributed by atoms with Gasteiger partial charge < -0.3 is 9.88 Å². The number of thioether (sulfide) groups is 1. The van der Waals surface area contributed by atoms with E-state index < -0.39 is 0 Å². The number of aryl methyl sites for hydroxylation is 1. The minimum absolute atomic E-state index is 0.0130. The Kier molecular flexibility index (Phi) is 3.84. The van der Waals surface area contributed by atoms with Crippen molar-refractivity contribution >= 4 is 17.7 Å². The zero-order valence-electron chi connectivity index (χ0n) is 11.7. The summed E-state index contributed by atoms with van der Waals surface area (Å²) in [5.74, 6) is 0.790. The number of pyridine rings is 1. The molecule has 1 aromatic heterocycles. The Morgan fingerprint density at radius 2 is 2.14 bits per heavy atom. The summed E-state index contributed by atoms with van der Waals surface area (Å²) in [7, 11) is 1.67. The van der Waals surface area contributed by atoms with Crippen LogP contribution in [0, 0.1) is 0 Å². The van der Waals surface area contributed by atoms with Crippen LogP contribution < -0.4 is 10.9 Å². The largest absolute Gasteiger partial charge is 0.345 e. The number of nitrogens with one attached hydrogen (secondary N) is 1. The number of hydrogen-bond acceptors (Lipinski definition) is 3. The molecule has 1 aliphatic heterocycles. The zero-order chi connectivity index (χ0) is 14.8. The maximum Gasteiger partial charge on any atom is 0.252 e. The number of nitrogens with zero attached hydrogens (tertiary/aromatic N) is 1. The van der Waals surface area contributed by atoms with Crippen LogP contribution >= 0.6 is 11.8 Å². The quantitative estimate of drug-likeness (QED) is 0.926. The molecule has 1 aromatic carbocycles. The molecule has 1 N–H and O–H groups in total. The Labute approximate surface area is 127 Å². The van der Waals surface area contributed by atoms with E-state index in [9.17, 15) is 9.59 Å². The monoisotopic (exact) mass is 300 g/mol. The molecule has 2 heterocycles. The maximum atomic E-state index is 12.3. The lowest BCUT2D eigenvalue weighted by Crippen LogP contribution is -2.31. The molecule has 0 aliphatic carbocycles. The number of benzene rings is 1. The summed E-state index contributed by atoms with van der Waals surface area (Å²) < 4.78 is 1.45. The third kappa shape index (κ3) is 2.88. The lowest BCUT2D eigenvalue weighted by molar-refractivity contribution is 0.0934. The normalized spacial score (nSPS) is 17.1. The van der Waals surface area contributed by atoms with Crippen LogP contribution in [0.3, 0.4) is 0 Å². The lowest BCUT2D eigenvalue weighted by Gasteiger charge is -2.25. The van der Waals surface area contributed by atoms with Crippen molar-refractivity contribution in [2.75, 3.05) is 5.75 Å². The van der Waals surface area contributed by atoms with Crippen molar-refractivity contribution in [2.24, 2.45) is 7.05 Å². The third-order valence-electron chi connectivity index (χ3n) is 3.63. The van der Waals surface area contributed by atoms with Gasteiger partial charge in [-0.2, -0.15) is 0 Å². The average Bonchev–Trinajstić information content (AvgIpc) is 2.50. The van der Waals surface area contributed by atoms with Crippen molar-refractivity contribution in [2.45, 2.75) is 17.4 Å². The summed E-state index contributed by atoms with van der Waals surface area (Å²) in [5, 5.41) is 3.04. The first-order chi connectivity index (χ1) is 10.1. The van der Waals surface area contributed by atoms with E-state index in [1.54, 1.807) is 19.3 Å². The van der Waals surface area contributed by atoms with Gasteiger partial charge in [-0.15, -0.1) is 11.8 Å². The van der Waals surface area contributed by atoms with Crippen molar-refractivity contribution in [1.29, 1.82) is 0 Å². The second-order valence-electron chi connectivity index (χ2n) is 5.07. The Bertz CT molecular complexity index is 739. The minimum Gasteiger partial charge on any atom is -0.345 e. The van der Waals surface area contributed by atoms with Crippen LogP contribution in [0.4, 0.5) is 0 Å². The summed E-state index contributed by atoms with van der Waals surface area (Å²) in [5.41, 5.74) is 1.39. The fraction of sp³-hybridized carbons (Fsp3) is 0.250. The van der Waals surface area contributed by atoms with Gasteiger partial charge in [0.1, 0.15) is 0 Å². The molecule has 1 unspecified atom stereocenters. The second kappa shape index (κ2) is 5.77. The van der Waals surface area contributed by atoms with Crippen molar-refractivity contribution in [1.82, 2.24) is 9.88 Å². The van der Waals surface area contributed by atoms with Gasteiger partial charge >= 0.3 is 0 Å². The highest BCUT2D eigenvalue weighted by molar-refractivity contribution is 7.99. The van der Waals surface area contributed by atoms with Crippen molar-refractivity contribution in [3.63, 3.8) is 0 Å². The van der Waals surface area contributed by atoms with E-state index in [2.05, 4.69) is 17.4 Å². The molecule has 0 radical (unpaired) electrons. The Hall–Kier alpha value is -2.01. The number of hydrogen-bond donors (Lipinski definition) is 1. The molecule has 4 nitrogen and oxygen atoms in total. The van der Waals surface area contributed by atoms with Crippen LogP contribution in [0.2, 0.25) is 0 Å². The predicted octanol–water partition coefficient (Wildman–Crippen LogP) is 2.35. The number of rotatable bonds is 2. The van der Waals surface area contributed by atoms with E-state index in [0.29, 0.717) is 5.56 Å². The van der Waals surface area contributed by atoms with E-state index in [1.165, 1.54) is 15.5 Å². The van der Waals surface area contributed by atoms with Crippen LogP contribution in [0.25, 0.3) is 0 Å². The fourth-order valence-corrected chi connectivity index (χ4v) is 3.55. The first-order valence-electron chi connectivity index (χ1n) is 6.84. The smallest absolute Gasteiger partial charge is 0.252 e. The van der Waals surface area contributed by atoms with E-state index in [0.717, 1.165) is 17.7 Å². The van der Waals surface area contributed by atoms with Crippen LogP contribution in [0.1, 0.15) is 28.4 Å². The Morgan fingerprint density at radius 3 is 2.95 bits per heavy atom. The summed E-state index contributed by atoms with van der Waals surface area (Å²) >= 11 is 1.82. The molecule has 1 aliphatic rings. The number of fused-ring (bicyclic) bond motifs is 1. The molecule has 1 atom stereocenters. The van der Waals surface area contributed by atoms with E-state index in [1.807, 2.05) is 23.9 Å². The highest BCUT2D eigenvalue weighted by Gasteiger charge is 2.22. The molecule has 0 saturated carbocycles. The Morgan fingerprint density at radius 1 is 1.33 bits per heavy atom. The zero-order valence-corrected chi connectivity index (χ0v) is 12.5. The Balaban J connectivity index is 1.82. The average molecular weight is 300 g/mol. The number of amides is 1.